The number of benzene rings is 1. The Bertz CT molecular complexity index is 228. The highest BCUT2D eigenvalue weighted by Gasteiger charge is 1.90. The van der Waals surface area contributed by atoms with Gasteiger partial charge < -0.3 is 5.32 Å². The molecule has 0 aliphatic rings. The highest BCUT2D eigenvalue weighted by Crippen LogP contribution is 2.19. The molecule has 0 saturated carbocycles. The first-order chi connectivity index (χ1) is 5.84. The lowest BCUT2D eigenvalue weighted by atomic mass is 10.1. The maximum Gasteiger partial charge on any atom is -0.0605 e. The van der Waals surface area contributed by atoms with Crippen LogP contribution in [0.2, 0.25) is 0 Å². The van der Waals surface area contributed by atoms with Crippen LogP contribution in [0.3, 0.4) is 0 Å². The molecule has 0 aliphatic carbocycles. The Balaban J connectivity index is 2.53. The summed E-state index contributed by atoms with van der Waals surface area (Å²) < 4.78 is 0. The van der Waals surface area contributed by atoms with Crippen LogP contribution in [-0.4, -0.2) is 6.54 Å². The molecule has 0 bridgehead atoms. The molecule has 0 N–H and O–H groups in total. The minimum atomic E-state index is 0.282. The van der Waals surface area contributed by atoms with E-state index in [1.807, 2.05) is 24.3 Å². The quantitative estimate of drug-likeness (QED) is 0.600. The van der Waals surface area contributed by atoms with Gasteiger partial charge >= 0.3 is 0 Å². The van der Waals surface area contributed by atoms with Crippen LogP contribution in [-0.2, 0) is 0 Å². The molecule has 12 heavy (non-hydrogen) atoms. The van der Waals surface area contributed by atoms with Crippen molar-refractivity contribution in [1.29, 1.82) is 0 Å². The van der Waals surface area contributed by atoms with Crippen molar-refractivity contribution in [2.24, 2.45) is 0 Å². The van der Waals surface area contributed by atoms with Crippen LogP contribution in [0, 0.1) is 0 Å². The first-order valence-corrected chi connectivity index (χ1v) is 4.17. The molecule has 0 radical (unpaired) electrons. The van der Waals surface area contributed by atoms with Gasteiger partial charge in [0, 0.05) is 0 Å². The van der Waals surface area contributed by atoms with Crippen LogP contribution in [0.5, 0.6) is 0 Å². The topological polar surface area (TPSA) is 14.1 Å². The van der Waals surface area contributed by atoms with Gasteiger partial charge in [0.2, 0.25) is 0 Å². The third-order valence-corrected chi connectivity index (χ3v) is 1.79. The zero-order valence-electron chi connectivity index (χ0n) is 7.40. The van der Waals surface area contributed by atoms with E-state index in [1.165, 1.54) is 5.56 Å². The molecule has 1 aromatic carbocycles. The molecule has 1 aromatic rings. The van der Waals surface area contributed by atoms with Gasteiger partial charge in [0.25, 0.3) is 0 Å². The highest BCUT2D eigenvalue weighted by atomic mass is 14.9. The van der Waals surface area contributed by atoms with Crippen molar-refractivity contribution in [3.63, 3.8) is 0 Å². The molecule has 0 saturated heterocycles. The van der Waals surface area contributed by atoms with Gasteiger partial charge in [-0.25, -0.2) is 0 Å². The minimum Gasteiger partial charge on any atom is -0.653 e. The summed E-state index contributed by atoms with van der Waals surface area (Å²) in [5.74, 6) is 0. The Morgan fingerprint density at radius 1 is 1.42 bits per heavy atom. The largest absolute Gasteiger partial charge is 0.653 e. The smallest absolute Gasteiger partial charge is 0.0605 e. The van der Waals surface area contributed by atoms with Crippen molar-refractivity contribution in [1.82, 2.24) is 0 Å². The SMILES string of the molecule is C=CC[N-][C@H](C)c1ccccc1. The second kappa shape index (κ2) is 4.73. The summed E-state index contributed by atoms with van der Waals surface area (Å²) in [6, 6.07) is 10.6. The molecule has 1 heteroatoms. The van der Waals surface area contributed by atoms with Gasteiger partial charge in [0.15, 0.2) is 0 Å². The van der Waals surface area contributed by atoms with Gasteiger partial charge in [-0.05, 0) is 0 Å². The van der Waals surface area contributed by atoms with Crippen molar-refractivity contribution < 1.29 is 0 Å². The van der Waals surface area contributed by atoms with E-state index < -0.39 is 0 Å². The van der Waals surface area contributed by atoms with Gasteiger partial charge in [0.1, 0.15) is 0 Å². The van der Waals surface area contributed by atoms with Gasteiger partial charge in [-0.1, -0.05) is 42.8 Å². The van der Waals surface area contributed by atoms with E-state index >= 15 is 0 Å². The van der Waals surface area contributed by atoms with E-state index in [4.69, 9.17) is 0 Å². The molecule has 0 unspecified atom stereocenters. The third kappa shape index (κ3) is 2.51. The van der Waals surface area contributed by atoms with Gasteiger partial charge in [-0.2, -0.15) is 0 Å². The summed E-state index contributed by atoms with van der Waals surface area (Å²) in [4.78, 5) is 0. The Hall–Kier alpha value is -1.08. The summed E-state index contributed by atoms with van der Waals surface area (Å²) in [6.07, 6.45) is 1.82. The average Bonchev–Trinajstić information content (AvgIpc) is 2.15. The molecule has 1 atom stereocenters. The van der Waals surface area contributed by atoms with Crippen molar-refractivity contribution in [2.75, 3.05) is 6.54 Å². The zero-order valence-corrected chi connectivity index (χ0v) is 7.40. The van der Waals surface area contributed by atoms with Gasteiger partial charge in [-0.15, -0.1) is 25.2 Å². The predicted molar refractivity (Wildman–Crippen MR) is 53.3 cm³/mol. The van der Waals surface area contributed by atoms with Crippen LogP contribution in [0.25, 0.3) is 5.32 Å². The van der Waals surface area contributed by atoms with E-state index in [0.29, 0.717) is 0 Å². The maximum atomic E-state index is 4.39. The van der Waals surface area contributed by atoms with E-state index in [0.717, 1.165) is 6.54 Å². The molecule has 0 amide bonds. The van der Waals surface area contributed by atoms with Crippen LogP contribution >= 0.6 is 0 Å². The standard InChI is InChI=1S/C11H14N/c1-3-9-12-10(2)11-7-5-4-6-8-11/h3-8,10H,1,9H2,2H3/q-1/t10-/m1/s1. The van der Waals surface area contributed by atoms with E-state index in [1.54, 1.807) is 0 Å². The number of nitrogens with zero attached hydrogens (tertiary/aromatic N) is 1. The summed E-state index contributed by atoms with van der Waals surface area (Å²) in [7, 11) is 0. The minimum absolute atomic E-state index is 0.282. The Labute approximate surface area is 74.1 Å². The number of hydrogen-bond acceptors (Lipinski definition) is 0. The average molecular weight is 160 g/mol. The Morgan fingerprint density at radius 3 is 2.67 bits per heavy atom. The zero-order chi connectivity index (χ0) is 8.81. The molecule has 0 heterocycles. The fourth-order valence-electron chi connectivity index (χ4n) is 1.07. The highest BCUT2D eigenvalue weighted by molar-refractivity contribution is 5.22. The molecule has 0 spiro atoms. The van der Waals surface area contributed by atoms with E-state index in [2.05, 4.69) is 31.0 Å². The maximum absolute atomic E-state index is 4.39. The molecular weight excluding hydrogens is 146 g/mol. The molecular formula is C11H14N-. The second-order valence-corrected chi connectivity index (χ2v) is 2.74. The Kier molecular flexibility index (Phi) is 3.55. The van der Waals surface area contributed by atoms with E-state index in [9.17, 15) is 0 Å². The molecule has 0 fully saturated rings. The molecule has 64 valence electrons. The van der Waals surface area contributed by atoms with Gasteiger partial charge in [-0.3, -0.25) is 0 Å². The lowest BCUT2D eigenvalue weighted by Crippen LogP contribution is -1.92. The van der Waals surface area contributed by atoms with E-state index in [-0.39, 0.29) is 6.04 Å². The first kappa shape index (κ1) is 9.01. The molecule has 0 aromatic heterocycles. The predicted octanol–water partition coefficient (Wildman–Crippen LogP) is 3.31. The van der Waals surface area contributed by atoms with Gasteiger partial charge in [0.05, 0.1) is 0 Å². The van der Waals surface area contributed by atoms with Crippen LogP contribution < -0.4 is 0 Å². The van der Waals surface area contributed by atoms with Crippen LogP contribution in [0.15, 0.2) is 43.0 Å². The van der Waals surface area contributed by atoms with Crippen molar-refractivity contribution >= 4 is 0 Å². The first-order valence-electron chi connectivity index (χ1n) is 4.17. The fourth-order valence-corrected chi connectivity index (χ4v) is 1.07. The lowest BCUT2D eigenvalue weighted by molar-refractivity contribution is 0.894. The lowest BCUT2D eigenvalue weighted by Gasteiger charge is -2.26. The molecule has 1 rings (SSSR count). The second-order valence-electron chi connectivity index (χ2n) is 2.74. The summed E-state index contributed by atoms with van der Waals surface area (Å²) in [5.41, 5.74) is 1.26. The van der Waals surface area contributed by atoms with Crippen LogP contribution in [0.4, 0.5) is 0 Å². The van der Waals surface area contributed by atoms with Crippen molar-refractivity contribution in [3.05, 3.63) is 53.9 Å². The monoisotopic (exact) mass is 160 g/mol. The summed E-state index contributed by atoms with van der Waals surface area (Å²) in [6.45, 7) is 6.46. The fraction of sp³-hybridized carbons (Fsp3) is 0.273. The van der Waals surface area contributed by atoms with Crippen molar-refractivity contribution in [3.8, 4) is 0 Å². The van der Waals surface area contributed by atoms with Crippen LogP contribution in [0.1, 0.15) is 18.5 Å². The normalized spacial score (nSPS) is 12.4. The summed E-state index contributed by atoms with van der Waals surface area (Å²) in [5, 5.41) is 4.39. The molecule has 0 aliphatic heterocycles. The number of rotatable bonds is 4. The van der Waals surface area contributed by atoms with Crippen molar-refractivity contribution in [2.45, 2.75) is 13.0 Å². The Morgan fingerprint density at radius 2 is 2.08 bits per heavy atom. The number of hydrogen-bond donors (Lipinski definition) is 0. The summed E-state index contributed by atoms with van der Waals surface area (Å²) >= 11 is 0. The third-order valence-electron chi connectivity index (χ3n) is 1.79. The molecule has 1 nitrogen and oxygen atoms in total.